The maximum absolute atomic E-state index is 11.6. The highest BCUT2D eigenvalue weighted by molar-refractivity contribution is 5.89. The molecule has 2 aromatic rings. The van der Waals surface area contributed by atoms with Crippen LogP contribution in [0.2, 0.25) is 0 Å². The molecule has 2 aromatic carbocycles. The smallest absolute Gasteiger partial charge is 0.331 e. The van der Waals surface area contributed by atoms with Crippen LogP contribution in [0.15, 0.2) is 60.7 Å². The Balaban J connectivity index is 1.63. The second-order valence-corrected chi connectivity index (χ2v) is 5.23. The molecule has 0 aromatic heterocycles. The number of rotatable bonds is 9. The first kappa shape index (κ1) is 19.1. The maximum Gasteiger partial charge on any atom is 0.331 e. The van der Waals surface area contributed by atoms with E-state index < -0.39 is 5.97 Å². The van der Waals surface area contributed by atoms with Gasteiger partial charge in [0.05, 0.1) is 13.7 Å². The molecule has 0 aliphatic carbocycles. The third kappa shape index (κ3) is 7.09. The Morgan fingerprint density at radius 3 is 2.58 bits per heavy atom. The number of carbonyl (C=O) groups excluding carboxylic acids is 2. The molecule has 0 spiro atoms. The van der Waals surface area contributed by atoms with Crippen LogP contribution in [-0.4, -0.2) is 38.7 Å². The van der Waals surface area contributed by atoms with Crippen LogP contribution in [0.5, 0.6) is 11.5 Å². The van der Waals surface area contributed by atoms with Crippen molar-refractivity contribution in [3.8, 4) is 11.5 Å². The molecule has 0 radical (unpaired) electrons. The average Bonchev–Trinajstić information content (AvgIpc) is 2.69. The molecule has 0 saturated carbocycles. The fraction of sp³-hybridized carbons (Fsp3) is 0.200. The zero-order chi connectivity index (χ0) is 18.6. The summed E-state index contributed by atoms with van der Waals surface area (Å²) in [6, 6.07) is 16.5. The van der Waals surface area contributed by atoms with E-state index in [0.717, 1.165) is 11.3 Å². The van der Waals surface area contributed by atoms with Crippen molar-refractivity contribution in [3.63, 3.8) is 0 Å². The van der Waals surface area contributed by atoms with Gasteiger partial charge in [-0.15, -0.1) is 0 Å². The summed E-state index contributed by atoms with van der Waals surface area (Å²) < 4.78 is 15.4. The highest BCUT2D eigenvalue weighted by Crippen LogP contribution is 2.13. The summed E-state index contributed by atoms with van der Waals surface area (Å²) in [5.74, 6) is 0.446. The predicted molar refractivity (Wildman–Crippen MR) is 97.9 cm³/mol. The molecule has 0 heterocycles. The van der Waals surface area contributed by atoms with E-state index in [1.165, 1.54) is 6.08 Å². The summed E-state index contributed by atoms with van der Waals surface area (Å²) in [6.45, 7) is 0.316. The zero-order valence-corrected chi connectivity index (χ0v) is 14.5. The van der Waals surface area contributed by atoms with Crippen LogP contribution < -0.4 is 14.8 Å². The van der Waals surface area contributed by atoms with Crippen LogP contribution in [0.25, 0.3) is 6.08 Å². The van der Waals surface area contributed by atoms with Gasteiger partial charge < -0.3 is 19.5 Å². The summed E-state index contributed by atoms with van der Waals surface area (Å²) in [5, 5.41) is 2.62. The molecule has 6 nitrogen and oxygen atoms in total. The number of para-hydroxylation sites is 1. The molecule has 1 amide bonds. The molecule has 0 unspecified atom stereocenters. The van der Waals surface area contributed by atoms with Crippen molar-refractivity contribution in [3.05, 3.63) is 66.2 Å². The van der Waals surface area contributed by atoms with E-state index in [1.54, 1.807) is 19.3 Å². The van der Waals surface area contributed by atoms with E-state index in [4.69, 9.17) is 14.2 Å². The second-order valence-electron chi connectivity index (χ2n) is 5.23. The van der Waals surface area contributed by atoms with Gasteiger partial charge in [0.2, 0.25) is 0 Å². The largest absolute Gasteiger partial charge is 0.497 e. The normalized spacial score (nSPS) is 10.3. The van der Waals surface area contributed by atoms with E-state index in [-0.39, 0.29) is 12.5 Å². The number of carbonyl (C=O) groups is 2. The molecule has 0 fully saturated rings. The number of methoxy groups -OCH3 is 1. The van der Waals surface area contributed by atoms with Gasteiger partial charge in [-0.05, 0) is 35.9 Å². The van der Waals surface area contributed by atoms with Crippen molar-refractivity contribution in [1.29, 1.82) is 0 Å². The zero-order valence-electron chi connectivity index (χ0n) is 14.5. The highest BCUT2D eigenvalue weighted by Gasteiger charge is 2.04. The minimum Gasteiger partial charge on any atom is -0.497 e. The summed E-state index contributed by atoms with van der Waals surface area (Å²) in [4.78, 5) is 23.3. The summed E-state index contributed by atoms with van der Waals surface area (Å²) >= 11 is 0. The number of hydrogen-bond acceptors (Lipinski definition) is 5. The van der Waals surface area contributed by atoms with Gasteiger partial charge in [-0.3, -0.25) is 4.79 Å². The predicted octanol–water partition coefficient (Wildman–Crippen LogP) is 2.45. The minimum atomic E-state index is -0.594. The molecule has 0 aliphatic heterocycles. The van der Waals surface area contributed by atoms with Crippen LogP contribution in [0, 0.1) is 0 Å². The van der Waals surface area contributed by atoms with Crippen molar-refractivity contribution in [1.82, 2.24) is 5.32 Å². The molecular formula is C20H21NO5. The van der Waals surface area contributed by atoms with Crippen LogP contribution in [0.1, 0.15) is 5.56 Å². The molecule has 1 N–H and O–H groups in total. The standard InChI is InChI=1S/C20H21NO5/c1-24-18-9-5-6-16(14-18)10-11-20(23)26-15-19(22)21-12-13-25-17-7-3-2-4-8-17/h2-11,14H,12-13,15H2,1H3,(H,21,22)/b11-10+. The first-order valence-electron chi connectivity index (χ1n) is 8.11. The maximum atomic E-state index is 11.6. The van der Waals surface area contributed by atoms with Gasteiger partial charge in [-0.2, -0.15) is 0 Å². The van der Waals surface area contributed by atoms with Gasteiger partial charge in [-0.1, -0.05) is 30.3 Å². The van der Waals surface area contributed by atoms with Crippen LogP contribution in [0.4, 0.5) is 0 Å². The highest BCUT2D eigenvalue weighted by atomic mass is 16.5. The van der Waals surface area contributed by atoms with Crippen LogP contribution >= 0.6 is 0 Å². The summed E-state index contributed by atoms with van der Waals surface area (Å²) in [5.41, 5.74) is 0.795. The molecule has 0 bridgehead atoms. The Bertz CT molecular complexity index is 743. The van der Waals surface area contributed by atoms with E-state index in [2.05, 4.69) is 5.32 Å². The number of ether oxygens (including phenoxy) is 3. The molecule has 0 saturated heterocycles. The lowest BCUT2D eigenvalue weighted by atomic mass is 10.2. The van der Waals surface area contributed by atoms with Crippen molar-refractivity contribution in [2.75, 3.05) is 26.9 Å². The Morgan fingerprint density at radius 1 is 1.04 bits per heavy atom. The van der Waals surface area contributed by atoms with Crippen molar-refractivity contribution in [2.45, 2.75) is 0 Å². The van der Waals surface area contributed by atoms with Gasteiger partial charge in [0, 0.05) is 6.08 Å². The molecular weight excluding hydrogens is 334 g/mol. The Labute approximate surface area is 152 Å². The number of nitrogens with one attached hydrogen (secondary N) is 1. The van der Waals surface area contributed by atoms with Gasteiger partial charge in [0.15, 0.2) is 6.61 Å². The van der Waals surface area contributed by atoms with Crippen LogP contribution in [-0.2, 0) is 14.3 Å². The van der Waals surface area contributed by atoms with Gasteiger partial charge in [0.1, 0.15) is 18.1 Å². The van der Waals surface area contributed by atoms with E-state index in [9.17, 15) is 9.59 Å². The van der Waals surface area contributed by atoms with Crippen LogP contribution in [0.3, 0.4) is 0 Å². The lowest BCUT2D eigenvalue weighted by molar-refractivity contribution is -0.143. The molecule has 0 aliphatic rings. The van der Waals surface area contributed by atoms with E-state index >= 15 is 0 Å². The fourth-order valence-corrected chi connectivity index (χ4v) is 2.02. The third-order valence-corrected chi connectivity index (χ3v) is 3.29. The van der Waals surface area contributed by atoms with Gasteiger partial charge in [-0.25, -0.2) is 4.79 Å². The Morgan fingerprint density at radius 2 is 1.81 bits per heavy atom. The fourth-order valence-electron chi connectivity index (χ4n) is 2.02. The van der Waals surface area contributed by atoms with Crippen molar-refractivity contribution < 1.29 is 23.8 Å². The second kappa shape index (κ2) is 10.6. The first-order chi connectivity index (χ1) is 12.7. The molecule has 0 atom stereocenters. The minimum absolute atomic E-state index is 0.324. The van der Waals surface area contributed by atoms with Gasteiger partial charge in [0.25, 0.3) is 5.91 Å². The molecule has 6 heteroatoms. The number of esters is 1. The first-order valence-corrected chi connectivity index (χ1v) is 8.11. The van der Waals surface area contributed by atoms with Gasteiger partial charge >= 0.3 is 5.97 Å². The quantitative estimate of drug-likeness (QED) is 0.425. The van der Waals surface area contributed by atoms with Crippen molar-refractivity contribution >= 4 is 18.0 Å². The number of amides is 1. The SMILES string of the molecule is COc1cccc(/C=C/C(=O)OCC(=O)NCCOc2ccccc2)c1. The lowest BCUT2D eigenvalue weighted by Gasteiger charge is -2.07. The monoisotopic (exact) mass is 355 g/mol. The number of hydrogen-bond donors (Lipinski definition) is 1. The van der Waals surface area contributed by atoms with E-state index in [0.29, 0.717) is 18.9 Å². The number of benzene rings is 2. The molecule has 136 valence electrons. The Hall–Kier alpha value is -3.28. The Kier molecular flexibility index (Phi) is 7.74. The summed E-state index contributed by atoms with van der Waals surface area (Å²) in [7, 11) is 1.57. The molecule has 2 rings (SSSR count). The third-order valence-electron chi connectivity index (χ3n) is 3.29. The lowest BCUT2D eigenvalue weighted by Crippen LogP contribution is -2.31. The molecule has 26 heavy (non-hydrogen) atoms. The van der Waals surface area contributed by atoms with E-state index in [1.807, 2.05) is 48.5 Å². The average molecular weight is 355 g/mol. The summed E-state index contributed by atoms with van der Waals surface area (Å²) in [6.07, 6.45) is 2.86. The van der Waals surface area contributed by atoms with Crippen molar-refractivity contribution in [2.24, 2.45) is 0 Å². The topological polar surface area (TPSA) is 73.9 Å².